The summed E-state index contributed by atoms with van der Waals surface area (Å²) >= 11 is 0. The van der Waals surface area contributed by atoms with Crippen molar-refractivity contribution >= 4 is 11.8 Å². The van der Waals surface area contributed by atoms with Crippen molar-refractivity contribution in [2.45, 2.75) is 12.3 Å². The molecule has 0 saturated heterocycles. The van der Waals surface area contributed by atoms with Gasteiger partial charge in [-0.25, -0.2) is 4.79 Å². The molecule has 0 aliphatic rings. The Morgan fingerprint density at radius 1 is 1.29 bits per heavy atom. The number of aromatic nitrogens is 1. The summed E-state index contributed by atoms with van der Waals surface area (Å²) in [6.07, 6.45) is 1.77. The smallest absolute Gasteiger partial charge is 0.374 e. The number of hydrogen-bond donors (Lipinski definition) is 1. The molecule has 21 heavy (non-hydrogen) atoms. The van der Waals surface area contributed by atoms with Crippen LogP contribution in [-0.4, -0.2) is 23.8 Å². The molecular weight excluding hydrogens is 268 g/mol. The fourth-order valence-corrected chi connectivity index (χ4v) is 2.14. The molecule has 1 N–H and O–H groups in total. The zero-order valence-corrected chi connectivity index (χ0v) is 11.5. The molecule has 0 amide bonds. The Labute approximate surface area is 122 Å². The highest BCUT2D eigenvalue weighted by molar-refractivity contribution is 6.33. The zero-order valence-electron chi connectivity index (χ0n) is 11.5. The summed E-state index contributed by atoms with van der Waals surface area (Å²) in [7, 11) is 1.19. The van der Waals surface area contributed by atoms with E-state index in [0.717, 1.165) is 11.3 Å². The summed E-state index contributed by atoms with van der Waals surface area (Å²) in [4.78, 5) is 26.2. The van der Waals surface area contributed by atoms with E-state index in [2.05, 4.69) is 9.72 Å². The third kappa shape index (κ3) is 3.37. The van der Waals surface area contributed by atoms with E-state index < -0.39 is 11.8 Å². The van der Waals surface area contributed by atoms with Gasteiger partial charge in [0.05, 0.1) is 18.7 Å². The molecule has 1 aromatic heterocycles. The molecule has 0 bridgehead atoms. The van der Waals surface area contributed by atoms with Gasteiger partial charge >= 0.3 is 5.97 Å². The Bertz CT molecular complexity index is 667. The van der Waals surface area contributed by atoms with Crippen molar-refractivity contribution in [1.82, 2.24) is 4.98 Å². The van der Waals surface area contributed by atoms with Crippen molar-refractivity contribution in [3.05, 3.63) is 59.4 Å². The lowest BCUT2D eigenvalue weighted by Gasteiger charge is -2.15. The van der Waals surface area contributed by atoms with Crippen molar-refractivity contribution in [1.29, 1.82) is 5.26 Å². The number of methoxy groups -OCH3 is 1. The summed E-state index contributed by atoms with van der Waals surface area (Å²) in [6, 6.07) is 12.7. The quantitative estimate of drug-likeness (QED) is 0.672. The summed E-state index contributed by atoms with van der Waals surface area (Å²) in [6.45, 7) is 0. The van der Waals surface area contributed by atoms with E-state index in [0.29, 0.717) is 5.56 Å². The molecule has 0 spiro atoms. The minimum atomic E-state index is -0.847. The number of hydrogen-bond acceptors (Lipinski definition) is 4. The van der Waals surface area contributed by atoms with Crippen LogP contribution in [0.1, 0.15) is 29.2 Å². The van der Waals surface area contributed by atoms with Crippen LogP contribution in [0.2, 0.25) is 0 Å². The summed E-state index contributed by atoms with van der Waals surface area (Å²) in [5.41, 5.74) is 2.23. The van der Waals surface area contributed by atoms with E-state index in [4.69, 9.17) is 5.26 Å². The van der Waals surface area contributed by atoms with Crippen molar-refractivity contribution in [3.8, 4) is 6.07 Å². The molecule has 0 fully saturated rings. The Hall–Kier alpha value is -2.87. The Balaban J connectivity index is 2.30. The Kier molecular flexibility index (Phi) is 4.52. The SMILES string of the molecule is COC(=O)C(=O)C[C@@H](c1ccc(C#N)cc1)c1ccc[nH]1. The number of carbonyl (C=O) groups is 2. The summed E-state index contributed by atoms with van der Waals surface area (Å²) < 4.78 is 4.46. The second-order valence-corrected chi connectivity index (χ2v) is 4.53. The fraction of sp³-hybridized carbons (Fsp3) is 0.188. The van der Waals surface area contributed by atoms with Crippen LogP contribution in [0.25, 0.3) is 0 Å². The van der Waals surface area contributed by atoms with Crippen LogP contribution in [0.5, 0.6) is 0 Å². The molecule has 1 atom stereocenters. The molecule has 2 aromatic rings. The minimum Gasteiger partial charge on any atom is -0.463 e. The number of Topliss-reactive ketones (excluding diaryl/α,β-unsaturated/α-hetero) is 1. The number of nitriles is 1. The molecule has 5 heteroatoms. The van der Waals surface area contributed by atoms with Gasteiger partial charge in [-0.15, -0.1) is 0 Å². The third-order valence-electron chi connectivity index (χ3n) is 3.24. The second-order valence-electron chi connectivity index (χ2n) is 4.53. The predicted molar refractivity (Wildman–Crippen MR) is 75.4 cm³/mol. The first-order valence-electron chi connectivity index (χ1n) is 6.40. The Morgan fingerprint density at radius 3 is 2.52 bits per heavy atom. The molecule has 0 aliphatic carbocycles. The van der Waals surface area contributed by atoms with Crippen molar-refractivity contribution in [2.24, 2.45) is 0 Å². The molecule has 0 saturated carbocycles. The number of benzene rings is 1. The van der Waals surface area contributed by atoms with Gasteiger partial charge in [-0.1, -0.05) is 12.1 Å². The van der Waals surface area contributed by atoms with E-state index in [-0.39, 0.29) is 12.3 Å². The standard InChI is InChI=1S/C16H14N2O3/c1-21-16(20)15(19)9-13(14-3-2-8-18-14)12-6-4-11(10-17)5-7-12/h2-8,13,18H,9H2,1H3/t13-/m0/s1. The molecule has 0 unspecified atom stereocenters. The first-order valence-corrected chi connectivity index (χ1v) is 6.40. The topological polar surface area (TPSA) is 82.9 Å². The lowest BCUT2D eigenvalue weighted by atomic mass is 9.90. The number of rotatable bonds is 5. The van der Waals surface area contributed by atoms with Crippen LogP contribution in [0.15, 0.2) is 42.6 Å². The second kappa shape index (κ2) is 6.53. The number of nitrogens with one attached hydrogen (secondary N) is 1. The summed E-state index contributed by atoms with van der Waals surface area (Å²) in [5.74, 6) is -1.71. The number of esters is 1. The van der Waals surface area contributed by atoms with Crippen molar-refractivity contribution in [3.63, 3.8) is 0 Å². The van der Waals surface area contributed by atoms with Crippen molar-refractivity contribution in [2.75, 3.05) is 7.11 Å². The third-order valence-corrected chi connectivity index (χ3v) is 3.24. The average molecular weight is 282 g/mol. The molecule has 0 aliphatic heterocycles. The average Bonchev–Trinajstić information content (AvgIpc) is 3.05. The maximum absolute atomic E-state index is 11.8. The van der Waals surface area contributed by atoms with Crippen molar-refractivity contribution < 1.29 is 14.3 Å². The van der Waals surface area contributed by atoms with Gasteiger partial charge < -0.3 is 9.72 Å². The monoisotopic (exact) mass is 282 g/mol. The van der Waals surface area contributed by atoms with Gasteiger partial charge in [0, 0.05) is 24.2 Å². The van der Waals surface area contributed by atoms with Gasteiger partial charge in [0.25, 0.3) is 0 Å². The van der Waals surface area contributed by atoms with Gasteiger partial charge in [-0.3, -0.25) is 4.79 Å². The predicted octanol–water partition coefficient (Wildman–Crippen LogP) is 2.15. The highest BCUT2D eigenvalue weighted by Gasteiger charge is 2.23. The number of nitrogens with zero attached hydrogens (tertiary/aromatic N) is 1. The minimum absolute atomic E-state index is 0.0130. The molecule has 0 radical (unpaired) electrons. The molecule has 2 rings (SSSR count). The molecule has 1 heterocycles. The van der Waals surface area contributed by atoms with Crippen LogP contribution < -0.4 is 0 Å². The molecule has 1 aromatic carbocycles. The number of ether oxygens (including phenoxy) is 1. The van der Waals surface area contributed by atoms with Crippen LogP contribution in [0, 0.1) is 11.3 Å². The van der Waals surface area contributed by atoms with Gasteiger partial charge in [0.2, 0.25) is 5.78 Å². The molecule has 106 valence electrons. The number of ketones is 1. The van der Waals surface area contributed by atoms with E-state index in [1.807, 2.05) is 18.2 Å². The first kappa shape index (κ1) is 14.5. The van der Waals surface area contributed by atoms with Crippen LogP contribution in [0.3, 0.4) is 0 Å². The number of aromatic amines is 1. The number of carbonyl (C=O) groups excluding carboxylic acids is 2. The van der Waals surface area contributed by atoms with Gasteiger partial charge in [0.15, 0.2) is 0 Å². The van der Waals surface area contributed by atoms with Gasteiger partial charge in [-0.2, -0.15) is 5.26 Å². The van der Waals surface area contributed by atoms with Gasteiger partial charge in [0.1, 0.15) is 0 Å². The molecule has 5 nitrogen and oxygen atoms in total. The first-order chi connectivity index (χ1) is 10.2. The highest BCUT2D eigenvalue weighted by Crippen LogP contribution is 2.27. The van der Waals surface area contributed by atoms with E-state index in [1.54, 1.807) is 30.5 Å². The zero-order chi connectivity index (χ0) is 15.2. The maximum Gasteiger partial charge on any atom is 0.374 e. The van der Waals surface area contributed by atoms with E-state index >= 15 is 0 Å². The normalized spacial score (nSPS) is 11.4. The molecular formula is C16H14N2O3. The lowest BCUT2D eigenvalue weighted by Crippen LogP contribution is -2.19. The lowest BCUT2D eigenvalue weighted by molar-refractivity contribution is -0.151. The van der Waals surface area contributed by atoms with Crippen LogP contribution >= 0.6 is 0 Å². The van der Waals surface area contributed by atoms with Gasteiger partial charge in [-0.05, 0) is 29.8 Å². The Morgan fingerprint density at radius 2 is 2.00 bits per heavy atom. The van der Waals surface area contributed by atoms with Crippen LogP contribution in [0.4, 0.5) is 0 Å². The van der Waals surface area contributed by atoms with E-state index in [9.17, 15) is 9.59 Å². The summed E-state index contributed by atoms with van der Waals surface area (Å²) in [5, 5.41) is 8.83. The maximum atomic E-state index is 11.8. The van der Waals surface area contributed by atoms with Crippen LogP contribution in [-0.2, 0) is 14.3 Å². The fourth-order valence-electron chi connectivity index (χ4n) is 2.14. The van der Waals surface area contributed by atoms with E-state index in [1.165, 1.54) is 7.11 Å². The largest absolute Gasteiger partial charge is 0.463 e. The number of H-pyrrole nitrogens is 1. The highest BCUT2D eigenvalue weighted by atomic mass is 16.5.